The summed E-state index contributed by atoms with van der Waals surface area (Å²) < 4.78 is 27.6. The summed E-state index contributed by atoms with van der Waals surface area (Å²) in [6.07, 6.45) is 0. The van der Waals surface area contributed by atoms with E-state index in [1.165, 1.54) is 54.6 Å². The molecule has 1 unspecified atom stereocenters. The number of thiazole rings is 1. The second kappa shape index (κ2) is 8.37. The second-order valence-corrected chi connectivity index (χ2v) is 8.65. The van der Waals surface area contributed by atoms with Crippen molar-refractivity contribution in [1.82, 2.24) is 4.98 Å². The smallest absolute Gasteiger partial charge is 0.301 e. The van der Waals surface area contributed by atoms with Crippen LogP contribution in [0.15, 0.2) is 72.3 Å². The third-order valence-electron chi connectivity index (χ3n) is 5.50. The van der Waals surface area contributed by atoms with Crippen molar-refractivity contribution in [3.63, 3.8) is 0 Å². The number of aromatic nitrogens is 1. The van der Waals surface area contributed by atoms with Crippen molar-refractivity contribution >= 4 is 49.8 Å². The molecule has 1 N–H and O–H groups in total. The van der Waals surface area contributed by atoms with Crippen molar-refractivity contribution in [3.8, 4) is 0 Å². The molecular formula is C24H13F2N3O5S. The summed E-state index contributed by atoms with van der Waals surface area (Å²) in [7, 11) is 0. The topological polar surface area (TPSA) is 114 Å². The van der Waals surface area contributed by atoms with Crippen LogP contribution in [-0.4, -0.2) is 26.7 Å². The van der Waals surface area contributed by atoms with Gasteiger partial charge in [0.05, 0.1) is 26.8 Å². The van der Waals surface area contributed by atoms with Gasteiger partial charge in [-0.1, -0.05) is 23.5 Å². The number of fused-ring (bicyclic) bond motifs is 1. The second-order valence-electron chi connectivity index (χ2n) is 7.64. The number of hydrogen-bond donors (Lipinski definition) is 1. The number of ketones is 1. The first-order valence-corrected chi connectivity index (χ1v) is 10.9. The highest BCUT2D eigenvalue weighted by molar-refractivity contribution is 7.22. The molecule has 0 radical (unpaired) electrons. The molecule has 3 aromatic carbocycles. The lowest BCUT2D eigenvalue weighted by Crippen LogP contribution is -2.29. The number of anilines is 1. The number of hydrogen-bond acceptors (Lipinski definition) is 7. The van der Waals surface area contributed by atoms with Crippen LogP contribution < -0.4 is 4.90 Å². The van der Waals surface area contributed by atoms with Crippen LogP contribution in [0.3, 0.4) is 0 Å². The lowest BCUT2D eigenvalue weighted by molar-refractivity contribution is -0.384. The fourth-order valence-electron chi connectivity index (χ4n) is 3.91. The maximum Gasteiger partial charge on any atom is 0.301 e. The molecule has 1 atom stereocenters. The number of carbonyl (C=O) groups excluding carboxylic acids is 2. The fraction of sp³-hybridized carbons (Fsp3) is 0.0417. The van der Waals surface area contributed by atoms with Gasteiger partial charge in [-0.15, -0.1) is 0 Å². The van der Waals surface area contributed by atoms with Crippen molar-refractivity contribution in [1.29, 1.82) is 0 Å². The number of non-ortho nitro benzene ring substituents is 1. The summed E-state index contributed by atoms with van der Waals surface area (Å²) in [5.74, 6) is -3.73. The molecule has 1 fully saturated rings. The molecule has 1 saturated heterocycles. The number of aliphatic hydroxyl groups excluding tert-OH is 1. The van der Waals surface area contributed by atoms with Gasteiger partial charge in [-0.3, -0.25) is 24.6 Å². The third kappa shape index (κ3) is 3.81. The molecule has 1 aliphatic rings. The first-order valence-electron chi connectivity index (χ1n) is 10.1. The molecule has 5 rings (SSSR count). The van der Waals surface area contributed by atoms with Crippen molar-refractivity contribution in [2.24, 2.45) is 0 Å². The minimum Gasteiger partial charge on any atom is -0.507 e. The van der Waals surface area contributed by atoms with Crippen LogP contribution in [0.4, 0.5) is 19.6 Å². The Morgan fingerprint density at radius 2 is 1.74 bits per heavy atom. The van der Waals surface area contributed by atoms with E-state index in [0.29, 0.717) is 10.2 Å². The summed E-state index contributed by atoms with van der Waals surface area (Å²) in [5.41, 5.74) is -0.00267. The number of nitro benzene ring substituents is 1. The average Bonchev–Trinajstić information content (AvgIpc) is 3.37. The Morgan fingerprint density at radius 3 is 2.46 bits per heavy atom. The summed E-state index contributed by atoms with van der Waals surface area (Å²) in [6, 6.07) is 12.5. The van der Waals surface area contributed by atoms with E-state index in [4.69, 9.17) is 0 Å². The molecule has 4 aromatic rings. The lowest BCUT2D eigenvalue weighted by Gasteiger charge is -2.22. The first-order chi connectivity index (χ1) is 16.7. The molecule has 1 amide bonds. The van der Waals surface area contributed by atoms with Crippen LogP contribution in [0.1, 0.15) is 17.2 Å². The minimum atomic E-state index is -1.27. The highest BCUT2D eigenvalue weighted by atomic mass is 32.1. The van der Waals surface area contributed by atoms with Gasteiger partial charge in [-0.05, 0) is 48.0 Å². The maximum atomic E-state index is 13.7. The number of halogens is 2. The highest BCUT2D eigenvalue weighted by Crippen LogP contribution is 2.44. The highest BCUT2D eigenvalue weighted by Gasteiger charge is 2.48. The molecule has 0 saturated carbocycles. The number of carbonyl (C=O) groups is 2. The number of benzene rings is 3. The molecule has 35 heavy (non-hydrogen) atoms. The van der Waals surface area contributed by atoms with E-state index >= 15 is 0 Å². The van der Waals surface area contributed by atoms with Crippen molar-refractivity contribution < 1.29 is 28.4 Å². The Bertz CT molecular complexity index is 1570. The number of nitrogens with zero attached hydrogens (tertiary/aromatic N) is 3. The fourth-order valence-corrected chi connectivity index (χ4v) is 4.92. The van der Waals surface area contributed by atoms with Gasteiger partial charge in [-0.2, -0.15) is 0 Å². The van der Waals surface area contributed by atoms with Crippen molar-refractivity contribution in [2.45, 2.75) is 6.04 Å². The van der Waals surface area contributed by atoms with Gasteiger partial charge in [0.15, 0.2) is 5.13 Å². The predicted molar refractivity (Wildman–Crippen MR) is 124 cm³/mol. The van der Waals surface area contributed by atoms with Gasteiger partial charge >= 0.3 is 5.91 Å². The normalized spacial score (nSPS) is 17.3. The molecular weight excluding hydrogens is 480 g/mol. The van der Waals surface area contributed by atoms with Gasteiger partial charge in [0.2, 0.25) is 0 Å². The molecule has 11 heteroatoms. The zero-order chi connectivity index (χ0) is 24.9. The lowest BCUT2D eigenvalue weighted by atomic mass is 9.95. The van der Waals surface area contributed by atoms with Crippen molar-refractivity contribution in [2.75, 3.05) is 4.90 Å². The van der Waals surface area contributed by atoms with E-state index < -0.39 is 40.0 Å². The number of Topliss-reactive ketones (excluding diaryl/α,β-unsaturated/α-hetero) is 1. The predicted octanol–water partition coefficient (Wildman–Crippen LogP) is 5.11. The molecule has 0 bridgehead atoms. The van der Waals surface area contributed by atoms with Gasteiger partial charge in [0.1, 0.15) is 17.4 Å². The van der Waals surface area contributed by atoms with Crippen LogP contribution >= 0.6 is 11.3 Å². The molecule has 8 nitrogen and oxygen atoms in total. The zero-order valence-electron chi connectivity index (χ0n) is 17.5. The van der Waals surface area contributed by atoms with E-state index in [0.717, 1.165) is 28.4 Å². The number of amides is 1. The number of nitro groups is 1. The van der Waals surface area contributed by atoms with Gasteiger partial charge in [0.25, 0.3) is 11.5 Å². The zero-order valence-corrected chi connectivity index (χ0v) is 18.3. The van der Waals surface area contributed by atoms with Crippen LogP contribution in [0.5, 0.6) is 0 Å². The molecule has 0 aliphatic carbocycles. The summed E-state index contributed by atoms with van der Waals surface area (Å²) >= 11 is 0.949. The third-order valence-corrected chi connectivity index (χ3v) is 6.52. The summed E-state index contributed by atoms with van der Waals surface area (Å²) in [6.45, 7) is 0. The molecule has 1 aliphatic heterocycles. The van der Waals surface area contributed by atoms with Crippen molar-refractivity contribution in [3.05, 3.63) is 105 Å². The molecule has 1 aromatic heterocycles. The van der Waals surface area contributed by atoms with Gasteiger partial charge in [-0.25, -0.2) is 13.8 Å². The van der Waals surface area contributed by atoms with Crippen LogP contribution in [-0.2, 0) is 9.59 Å². The Hall–Kier alpha value is -4.51. The first kappa shape index (κ1) is 22.3. The number of rotatable bonds is 4. The van der Waals surface area contributed by atoms with E-state index in [9.17, 15) is 33.6 Å². The summed E-state index contributed by atoms with van der Waals surface area (Å²) in [5, 5.41) is 22.4. The molecule has 0 spiro atoms. The Labute approximate surface area is 199 Å². The molecule has 2 heterocycles. The Morgan fingerprint density at radius 1 is 1.03 bits per heavy atom. The van der Waals surface area contributed by atoms with Crippen LogP contribution in [0.25, 0.3) is 16.0 Å². The minimum absolute atomic E-state index is 0.0439. The monoisotopic (exact) mass is 493 g/mol. The van der Waals surface area contributed by atoms with Gasteiger partial charge in [0, 0.05) is 17.7 Å². The standard InChI is InChI=1S/C24H13F2N3O5S/c25-14-6-4-12(5-7-14)21(30)19-20(13-2-1-3-16(10-13)29(33)34)28(23(32)22(19)31)24-27-17-9-8-15(26)11-18(17)35-24/h1-11,20,30H. The van der Waals surface area contributed by atoms with Gasteiger partial charge < -0.3 is 5.11 Å². The van der Waals surface area contributed by atoms with Crippen LogP contribution in [0, 0.1) is 21.7 Å². The van der Waals surface area contributed by atoms with E-state index in [1.807, 2.05) is 0 Å². The van der Waals surface area contributed by atoms with E-state index in [2.05, 4.69) is 4.98 Å². The Kier molecular flexibility index (Phi) is 5.33. The number of aliphatic hydroxyl groups is 1. The SMILES string of the molecule is O=C1C(=O)N(c2nc3ccc(F)cc3s2)C(c2cccc([N+](=O)[O-])c2)C1=C(O)c1ccc(F)cc1. The van der Waals surface area contributed by atoms with Crippen LogP contribution in [0.2, 0.25) is 0 Å². The maximum absolute atomic E-state index is 13.7. The summed E-state index contributed by atoms with van der Waals surface area (Å²) in [4.78, 5) is 42.5. The van der Waals surface area contributed by atoms with E-state index in [1.54, 1.807) is 0 Å². The molecule has 174 valence electrons. The Balaban J connectivity index is 1.75. The quantitative estimate of drug-likeness (QED) is 0.139. The average molecular weight is 493 g/mol. The largest absolute Gasteiger partial charge is 0.507 e. The van der Waals surface area contributed by atoms with E-state index in [-0.39, 0.29) is 27.5 Å².